The second kappa shape index (κ2) is 4.96. The predicted octanol–water partition coefficient (Wildman–Crippen LogP) is 3.32. The molecule has 0 unspecified atom stereocenters. The molecular formula is C17H27FN2+2. The fraction of sp³-hybridized carbons (Fsp3) is 0.588. The summed E-state index contributed by atoms with van der Waals surface area (Å²) in [5.74, 6) is -0.141. The predicted molar refractivity (Wildman–Crippen MR) is 82.4 cm³/mol. The van der Waals surface area contributed by atoms with Gasteiger partial charge in [0.25, 0.3) is 0 Å². The van der Waals surface area contributed by atoms with Crippen LogP contribution in [0.25, 0.3) is 0 Å². The van der Waals surface area contributed by atoms with Crippen molar-refractivity contribution in [3.05, 3.63) is 29.6 Å². The average Bonchev–Trinajstić information content (AvgIpc) is 2.49. The summed E-state index contributed by atoms with van der Waals surface area (Å²) in [4.78, 5) is 0. The first-order chi connectivity index (χ1) is 9.13. The van der Waals surface area contributed by atoms with Crippen LogP contribution in [0.5, 0.6) is 0 Å². The van der Waals surface area contributed by atoms with E-state index in [4.69, 9.17) is 0 Å². The van der Waals surface area contributed by atoms with Crippen LogP contribution >= 0.6 is 0 Å². The standard InChI is InChI=1S/C17H27FN2/c1-13-17(2,3)15-12-14(18)8-9-16(15)19(13)10-7-11-20(4,5)6/h8-9,12H,7,10-11H2,1-6H3/q+2. The van der Waals surface area contributed by atoms with E-state index in [1.807, 2.05) is 6.07 Å². The van der Waals surface area contributed by atoms with E-state index in [9.17, 15) is 4.39 Å². The van der Waals surface area contributed by atoms with Crippen LogP contribution in [0.2, 0.25) is 0 Å². The van der Waals surface area contributed by atoms with Crippen LogP contribution in [0.15, 0.2) is 18.2 Å². The topological polar surface area (TPSA) is 3.01 Å². The fourth-order valence-corrected chi connectivity index (χ4v) is 2.95. The van der Waals surface area contributed by atoms with Gasteiger partial charge in [-0.25, -0.2) is 4.39 Å². The third kappa shape index (κ3) is 2.78. The van der Waals surface area contributed by atoms with Crippen LogP contribution in [0.1, 0.15) is 32.8 Å². The molecule has 0 aliphatic carbocycles. The van der Waals surface area contributed by atoms with Gasteiger partial charge in [0.1, 0.15) is 5.82 Å². The second-order valence-electron chi connectivity index (χ2n) is 7.39. The molecule has 0 N–H and O–H groups in total. The van der Waals surface area contributed by atoms with E-state index >= 15 is 0 Å². The molecule has 2 rings (SSSR count). The van der Waals surface area contributed by atoms with Crippen LogP contribution in [0, 0.1) is 5.82 Å². The minimum Gasteiger partial charge on any atom is -0.331 e. The molecule has 0 fully saturated rings. The van der Waals surface area contributed by atoms with E-state index in [2.05, 4.69) is 46.5 Å². The number of fused-ring (bicyclic) bond motifs is 1. The molecule has 1 aliphatic rings. The zero-order valence-corrected chi connectivity index (χ0v) is 13.6. The smallest absolute Gasteiger partial charge is 0.209 e. The van der Waals surface area contributed by atoms with Gasteiger partial charge in [-0.1, -0.05) is 0 Å². The molecule has 2 nitrogen and oxygen atoms in total. The molecule has 1 aromatic carbocycles. The van der Waals surface area contributed by atoms with E-state index < -0.39 is 0 Å². The Morgan fingerprint density at radius 1 is 1.20 bits per heavy atom. The Bertz CT molecular complexity index is 551. The Hall–Kier alpha value is -1.22. The normalized spacial score (nSPS) is 17.6. The fourth-order valence-electron chi connectivity index (χ4n) is 2.95. The van der Waals surface area contributed by atoms with Gasteiger partial charge in [-0.15, -0.1) is 0 Å². The Kier molecular flexibility index (Phi) is 3.76. The van der Waals surface area contributed by atoms with E-state index in [-0.39, 0.29) is 11.2 Å². The van der Waals surface area contributed by atoms with Crippen LogP contribution in [-0.4, -0.2) is 49.0 Å². The van der Waals surface area contributed by atoms with Gasteiger partial charge in [0.15, 0.2) is 12.3 Å². The van der Waals surface area contributed by atoms with Crippen molar-refractivity contribution >= 4 is 11.4 Å². The quantitative estimate of drug-likeness (QED) is 0.587. The minimum atomic E-state index is -0.141. The molecule has 1 heterocycles. The van der Waals surface area contributed by atoms with Crippen molar-refractivity contribution < 1.29 is 13.4 Å². The highest BCUT2D eigenvalue weighted by Gasteiger charge is 2.43. The maximum atomic E-state index is 13.5. The van der Waals surface area contributed by atoms with Gasteiger partial charge in [0, 0.05) is 18.6 Å². The molecule has 0 saturated carbocycles. The van der Waals surface area contributed by atoms with Gasteiger partial charge in [0.2, 0.25) is 5.69 Å². The van der Waals surface area contributed by atoms with E-state index in [1.54, 1.807) is 12.1 Å². The van der Waals surface area contributed by atoms with Gasteiger partial charge in [-0.3, -0.25) is 0 Å². The van der Waals surface area contributed by atoms with Crippen LogP contribution in [0.4, 0.5) is 10.1 Å². The number of hydrogen-bond donors (Lipinski definition) is 0. The Labute approximate surface area is 122 Å². The minimum absolute atomic E-state index is 0.0754. The summed E-state index contributed by atoms with van der Waals surface area (Å²) in [6, 6.07) is 5.19. The summed E-state index contributed by atoms with van der Waals surface area (Å²) >= 11 is 0. The highest BCUT2D eigenvalue weighted by atomic mass is 19.1. The summed E-state index contributed by atoms with van der Waals surface area (Å²) in [7, 11) is 6.65. The lowest BCUT2D eigenvalue weighted by atomic mass is 9.82. The molecule has 3 heteroatoms. The maximum Gasteiger partial charge on any atom is 0.209 e. The van der Waals surface area contributed by atoms with Gasteiger partial charge >= 0.3 is 0 Å². The van der Waals surface area contributed by atoms with Crippen molar-refractivity contribution in [3.63, 3.8) is 0 Å². The number of rotatable bonds is 4. The third-order valence-corrected chi connectivity index (χ3v) is 4.44. The van der Waals surface area contributed by atoms with Crippen LogP contribution in [0.3, 0.4) is 0 Å². The molecule has 0 radical (unpaired) electrons. The van der Waals surface area contributed by atoms with Crippen molar-refractivity contribution in [2.75, 3.05) is 34.2 Å². The number of nitrogens with zero attached hydrogens (tertiary/aromatic N) is 2. The van der Waals surface area contributed by atoms with Crippen LogP contribution < -0.4 is 0 Å². The summed E-state index contributed by atoms with van der Waals surface area (Å²) < 4.78 is 16.9. The van der Waals surface area contributed by atoms with Gasteiger partial charge < -0.3 is 4.48 Å². The first-order valence-corrected chi connectivity index (χ1v) is 7.35. The molecule has 0 spiro atoms. The zero-order chi connectivity index (χ0) is 15.1. The highest BCUT2D eigenvalue weighted by molar-refractivity contribution is 5.93. The number of halogens is 1. The van der Waals surface area contributed by atoms with Crippen molar-refractivity contribution in [1.82, 2.24) is 0 Å². The zero-order valence-electron chi connectivity index (χ0n) is 13.6. The largest absolute Gasteiger partial charge is 0.331 e. The second-order valence-corrected chi connectivity index (χ2v) is 7.39. The Morgan fingerprint density at radius 2 is 1.85 bits per heavy atom. The Morgan fingerprint density at radius 3 is 2.45 bits per heavy atom. The molecule has 20 heavy (non-hydrogen) atoms. The number of benzene rings is 1. The summed E-state index contributed by atoms with van der Waals surface area (Å²) in [6.45, 7) is 8.68. The molecule has 1 aromatic rings. The molecule has 110 valence electrons. The first-order valence-electron chi connectivity index (χ1n) is 7.35. The SMILES string of the molecule is CC1=[N+](CCC[N+](C)(C)C)c2ccc(F)cc2C1(C)C. The Balaban J connectivity index is 2.27. The van der Waals surface area contributed by atoms with E-state index in [1.165, 1.54) is 11.4 Å². The summed E-state index contributed by atoms with van der Waals surface area (Å²) in [5.41, 5.74) is 3.53. The lowest BCUT2D eigenvalue weighted by Gasteiger charge is -2.23. The van der Waals surface area contributed by atoms with Gasteiger partial charge in [0.05, 0.1) is 39.5 Å². The summed E-state index contributed by atoms with van der Waals surface area (Å²) in [5, 5.41) is 0. The molecule has 0 atom stereocenters. The monoisotopic (exact) mass is 278 g/mol. The molecule has 0 amide bonds. The molecule has 0 aromatic heterocycles. The van der Waals surface area contributed by atoms with Crippen molar-refractivity contribution in [2.45, 2.75) is 32.6 Å². The molecular weight excluding hydrogens is 251 g/mol. The number of hydrogen-bond acceptors (Lipinski definition) is 0. The van der Waals surface area contributed by atoms with Gasteiger partial charge in [-0.2, -0.15) is 4.58 Å². The van der Waals surface area contributed by atoms with Crippen molar-refractivity contribution in [3.8, 4) is 0 Å². The molecule has 0 bridgehead atoms. The maximum absolute atomic E-state index is 13.5. The summed E-state index contributed by atoms with van der Waals surface area (Å²) in [6.07, 6.45) is 1.13. The molecule has 1 aliphatic heterocycles. The lowest BCUT2D eigenvalue weighted by molar-refractivity contribution is -0.871. The number of quaternary nitrogens is 1. The first kappa shape index (κ1) is 15.2. The van der Waals surface area contributed by atoms with Gasteiger partial charge in [-0.05, 0) is 26.0 Å². The van der Waals surface area contributed by atoms with Crippen molar-refractivity contribution in [2.24, 2.45) is 0 Å². The third-order valence-electron chi connectivity index (χ3n) is 4.44. The van der Waals surface area contributed by atoms with E-state index in [0.717, 1.165) is 29.6 Å². The van der Waals surface area contributed by atoms with Crippen molar-refractivity contribution in [1.29, 1.82) is 0 Å². The highest BCUT2D eigenvalue weighted by Crippen LogP contribution is 2.39. The molecule has 0 saturated heterocycles. The lowest BCUT2D eigenvalue weighted by Crippen LogP contribution is -2.36. The average molecular weight is 278 g/mol. The van der Waals surface area contributed by atoms with E-state index in [0.29, 0.717) is 0 Å². The van der Waals surface area contributed by atoms with Crippen LogP contribution in [-0.2, 0) is 5.41 Å².